The van der Waals surface area contributed by atoms with Crippen molar-refractivity contribution in [1.82, 2.24) is 20.9 Å². The van der Waals surface area contributed by atoms with Gasteiger partial charge in [-0.1, -0.05) is 39.3 Å². The Hall–Kier alpha value is -3.61. The highest BCUT2D eigenvalue weighted by Gasteiger charge is 2.37. The van der Waals surface area contributed by atoms with Gasteiger partial charge in [0, 0.05) is 31.6 Å². The number of nitrogens with zero attached hydrogens (tertiary/aromatic N) is 1. The molecule has 1 aromatic rings. The summed E-state index contributed by atoms with van der Waals surface area (Å²) in [5.74, 6) is -1.74. The van der Waals surface area contributed by atoms with Crippen LogP contribution in [-0.4, -0.2) is 77.1 Å². The summed E-state index contributed by atoms with van der Waals surface area (Å²) in [5.41, 5.74) is 6.84. The summed E-state index contributed by atoms with van der Waals surface area (Å²) in [6.07, 6.45) is 5.51. The fraction of sp³-hybridized carbons (Fsp3) is 0.600. The Morgan fingerprint density at radius 1 is 1.00 bits per heavy atom. The van der Waals surface area contributed by atoms with Crippen LogP contribution in [0.15, 0.2) is 24.3 Å². The van der Waals surface area contributed by atoms with Crippen molar-refractivity contribution in [3.8, 4) is 0 Å². The fourth-order valence-corrected chi connectivity index (χ4v) is 5.32. The molecule has 1 aromatic carbocycles. The maximum Gasteiger partial charge on any atom is 0.312 e. The number of anilines is 1. The summed E-state index contributed by atoms with van der Waals surface area (Å²) in [6, 6.07) is 4.97. The maximum absolute atomic E-state index is 13.3. The maximum atomic E-state index is 13.3. The molecule has 0 radical (unpaired) electrons. The minimum Gasteiger partial charge on any atom is -0.352 e. The summed E-state index contributed by atoms with van der Waals surface area (Å²) in [6.45, 7) is 6.22. The van der Waals surface area contributed by atoms with Crippen molar-refractivity contribution >= 4 is 53.0 Å². The second-order valence-corrected chi connectivity index (χ2v) is 12.0. The largest absolute Gasteiger partial charge is 0.352 e. The molecule has 0 spiro atoms. The minimum atomic E-state index is -0.909. The molecule has 7 amide bonds. The van der Waals surface area contributed by atoms with Crippen molar-refractivity contribution in [2.45, 2.75) is 89.5 Å². The first-order valence-electron chi connectivity index (χ1n) is 14.9. The van der Waals surface area contributed by atoms with Gasteiger partial charge in [-0.3, -0.25) is 28.9 Å². The number of likely N-dealkylation sites (tertiary alicyclic amines) is 1. The number of nitrogens with two attached hydrogens (primary N) is 1. The number of primary amides is 1. The Balaban J connectivity index is 1.91. The van der Waals surface area contributed by atoms with Crippen LogP contribution in [-0.2, 0) is 30.4 Å². The predicted octanol–water partition coefficient (Wildman–Crippen LogP) is 2.31. The second-order valence-electron chi connectivity index (χ2n) is 10.9. The molecule has 1 saturated heterocycles. The van der Waals surface area contributed by atoms with Crippen molar-refractivity contribution in [1.29, 1.82) is 0 Å². The van der Waals surface area contributed by atoms with E-state index in [0.29, 0.717) is 37.9 Å². The second kappa shape index (κ2) is 18.1. The number of carbonyl (C=O) groups is 6. The number of unbranched alkanes of at least 4 members (excludes halogenated alkanes) is 2. The Labute approximate surface area is 258 Å². The zero-order chi connectivity index (χ0) is 31.9. The van der Waals surface area contributed by atoms with E-state index in [1.54, 1.807) is 26.0 Å². The first kappa shape index (κ1) is 35.6. The van der Waals surface area contributed by atoms with E-state index in [9.17, 15) is 28.8 Å². The Morgan fingerprint density at radius 3 is 2.28 bits per heavy atom. The summed E-state index contributed by atoms with van der Waals surface area (Å²) in [7, 11) is 0. The van der Waals surface area contributed by atoms with E-state index in [1.165, 1.54) is 16.7 Å². The summed E-state index contributed by atoms with van der Waals surface area (Å²) in [4.78, 5) is 75.8. The van der Waals surface area contributed by atoms with Gasteiger partial charge in [0.2, 0.25) is 29.5 Å². The van der Waals surface area contributed by atoms with Gasteiger partial charge in [-0.25, -0.2) is 4.79 Å². The third-order valence-electron chi connectivity index (χ3n) is 7.27. The molecule has 238 valence electrons. The molecule has 6 N–H and O–H groups in total. The molecule has 1 aliphatic rings. The van der Waals surface area contributed by atoms with Crippen molar-refractivity contribution in [2.24, 2.45) is 11.7 Å². The van der Waals surface area contributed by atoms with E-state index in [1.807, 2.05) is 25.3 Å². The zero-order valence-corrected chi connectivity index (χ0v) is 26.4. The fourth-order valence-electron chi connectivity index (χ4n) is 4.69. The van der Waals surface area contributed by atoms with Gasteiger partial charge < -0.3 is 27.0 Å². The average molecular weight is 619 g/mol. The number of hydrogen-bond donors (Lipinski definition) is 5. The SMILES string of the molecule is CCc1ccc(NC(=O)[C@H](CCCNC(N)=O)NC(=O)C(NC(=O)CCCCCN2C(=O)CC(SC)C2=O)C(C)C)cc1. The van der Waals surface area contributed by atoms with Crippen LogP contribution in [0.25, 0.3) is 0 Å². The van der Waals surface area contributed by atoms with E-state index < -0.39 is 29.9 Å². The van der Waals surface area contributed by atoms with E-state index >= 15 is 0 Å². The molecule has 1 aliphatic heterocycles. The predicted molar refractivity (Wildman–Crippen MR) is 167 cm³/mol. The molecular weight excluding hydrogens is 572 g/mol. The van der Waals surface area contributed by atoms with E-state index in [-0.39, 0.29) is 54.7 Å². The lowest BCUT2D eigenvalue weighted by Gasteiger charge is -2.25. The highest BCUT2D eigenvalue weighted by Crippen LogP contribution is 2.23. The zero-order valence-electron chi connectivity index (χ0n) is 25.6. The third kappa shape index (κ3) is 11.9. The molecule has 43 heavy (non-hydrogen) atoms. The number of rotatable bonds is 18. The highest BCUT2D eigenvalue weighted by atomic mass is 32.2. The number of hydrogen-bond acceptors (Lipinski definition) is 7. The molecule has 0 bridgehead atoms. The summed E-state index contributed by atoms with van der Waals surface area (Å²) in [5, 5.41) is 10.6. The van der Waals surface area contributed by atoms with Crippen LogP contribution in [0.4, 0.5) is 10.5 Å². The van der Waals surface area contributed by atoms with Crippen LogP contribution in [0, 0.1) is 5.92 Å². The third-order valence-corrected chi connectivity index (χ3v) is 8.21. The molecule has 13 heteroatoms. The van der Waals surface area contributed by atoms with Gasteiger partial charge in [-0.05, 0) is 62.0 Å². The van der Waals surface area contributed by atoms with E-state index in [4.69, 9.17) is 5.73 Å². The number of benzene rings is 1. The molecule has 2 rings (SSSR count). The molecule has 1 fully saturated rings. The molecule has 1 heterocycles. The Kier molecular flexibility index (Phi) is 15.0. The first-order valence-corrected chi connectivity index (χ1v) is 16.1. The summed E-state index contributed by atoms with van der Waals surface area (Å²) >= 11 is 1.38. The van der Waals surface area contributed by atoms with Gasteiger partial charge in [0.15, 0.2) is 0 Å². The lowest BCUT2D eigenvalue weighted by atomic mass is 10.0. The van der Waals surface area contributed by atoms with Crippen molar-refractivity contribution in [2.75, 3.05) is 24.7 Å². The molecule has 3 atom stereocenters. The van der Waals surface area contributed by atoms with Gasteiger partial charge >= 0.3 is 6.03 Å². The quantitative estimate of drug-likeness (QED) is 0.124. The van der Waals surface area contributed by atoms with E-state index in [2.05, 4.69) is 21.3 Å². The van der Waals surface area contributed by atoms with Crippen LogP contribution in [0.5, 0.6) is 0 Å². The van der Waals surface area contributed by atoms with Crippen LogP contribution in [0.3, 0.4) is 0 Å². The smallest absolute Gasteiger partial charge is 0.312 e. The normalized spacial score (nSPS) is 16.1. The minimum absolute atomic E-state index is 0.147. The van der Waals surface area contributed by atoms with Crippen molar-refractivity contribution in [3.05, 3.63) is 29.8 Å². The molecule has 0 aliphatic carbocycles. The van der Waals surface area contributed by atoms with Gasteiger partial charge in [0.1, 0.15) is 12.1 Å². The number of nitrogens with one attached hydrogen (secondary N) is 4. The molecule has 2 unspecified atom stereocenters. The number of imide groups is 1. The van der Waals surface area contributed by atoms with Crippen molar-refractivity contribution in [3.63, 3.8) is 0 Å². The van der Waals surface area contributed by atoms with Crippen LogP contribution in [0.2, 0.25) is 0 Å². The first-order chi connectivity index (χ1) is 20.5. The number of thioether (sulfide) groups is 1. The Morgan fingerprint density at radius 2 is 1.70 bits per heavy atom. The van der Waals surface area contributed by atoms with Gasteiger partial charge in [0.25, 0.3) is 0 Å². The molecular formula is C30H46N6O6S. The highest BCUT2D eigenvalue weighted by molar-refractivity contribution is 8.00. The van der Waals surface area contributed by atoms with Gasteiger partial charge in [-0.2, -0.15) is 11.8 Å². The van der Waals surface area contributed by atoms with Gasteiger partial charge in [-0.15, -0.1) is 0 Å². The number of carbonyl (C=O) groups excluding carboxylic acids is 6. The lowest BCUT2D eigenvalue weighted by Crippen LogP contribution is -2.54. The van der Waals surface area contributed by atoms with E-state index in [0.717, 1.165) is 12.0 Å². The monoisotopic (exact) mass is 618 g/mol. The average Bonchev–Trinajstić information content (AvgIpc) is 3.24. The van der Waals surface area contributed by atoms with Crippen LogP contribution in [0.1, 0.15) is 71.3 Å². The van der Waals surface area contributed by atoms with Gasteiger partial charge in [0.05, 0.1) is 5.25 Å². The Bertz CT molecular complexity index is 1130. The molecule has 0 aromatic heterocycles. The standard InChI is InChI=1S/C30H46N6O6S/c1-5-20-12-14-21(15-13-20)33-27(39)22(10-9-16-32-30(31)42)34-28(40)26(19(2)3)35-24(37)11-7-6-8-17-36-25(38)18-23(43-4)29(36)41/h12-15,19,22-23,26H,5-11,16-18H2,1-4H3,(H,33,39)(H,34,40)(H,35,37)(H3,31,32,42)/t22-,23?,26?/m0/s1. The number of amides is 7. The molecule has 12 nitrogen and oxygen atoms in total. The summed E-state index contributed by atoms with van der Waals surface area (Å²) < 4.78 is 0. The topological polar surface area (TPSA) is 180 Å². The number of urea groups is 1. The number of aryl methyl sites for hydroxylation is 1. The molecule has 0 saturated carbocycles. The van der Waals surface area contributed by atoms with Crippen LogP contribution < -0.4 is 27.0 Å². The van der Waals surface area contributed by atoms with Crippen LogP contribution >= 0.6 is 11.8 Å². The lowest BCUT2D eigenvalue weighted by molar-refractivity contribution is -0.138. The van der Waals surface area contributed by atoms with Crippen molar-refractivity contribution < 1.29 is 28.8 Å².